The van der Waals surface area contributed by atoms with Crippen molar-refractivity contribution in [1.29, 1.82) is 0 Å². The van der Waals surface area contributed by atoms with Crippen LogP contribution in [-0.4, -0.2) is 140 Å². The van der Waals surface area contributed by atoms with Gasteiger partial charge in [-0.25, -0.2) is 0 Å². The number of rotatable bonds is 48. The van der Waals surface area contributed by atoms with E-state index in [1.165, 1.54) is 154 Å². The van der Waals surface area contributed by atoms with E-state index < -0.39 is 86.8 Å². The van der Waals surface area contributed by atoms with Crippen molar-refractivity contribution in [3.8, 4) is 0 Å². The van der Waals surface area contributed by atoms with Crippen LogP contribution in [-0.2, 0) is 23.7 Å². The first kappa shape index (κ1) is 66.8. The van der Waals surface area contributed by atoms with Crippen molar-refractivity contribution >= 4 is 5.91 Å². The Bertz CT molecular complexity index is 1260. The molecule has 0 aromatic rings. The maximum Gasteiger partial charge on any atom is 0.220 e. The van der Waals surface area contributed by atoms with Gasteiger partial charge in [0.05, 0.1) is 32.0 Å². The van der Waals surface area contributed by atoms with Gasteiger partial charge in [0.2, 0.25) is 5.91 Å². The molecule has 0 spiro atoms. The van der Waals surface area contributed by atoms with E-state index in [4.69, 9.17) is 18.9 Å². The number of amides is 1. The second kappa shape index (κ2) is 44.8. The van der Waals surface area contributed by atoms with E-state index in [0.717, 1.165) is 70.6 Å². The highest BCUT2D eigenvalue weighted by Gasteiger charge is 2.51. The summed E-state index contributed by atoms with van der Waals surface area (Å²) >= 11 is 0. The van der Waals surface area contributed by atoms with E-state index in [2.05, 4.69) is 31.3 Å². The molecule has 2 aliphatic heterocycles. The zero-order chi connectivity index (χ0) is 52.4. The topological polar surface area (TPSA) is 228 Å². The fourth-order valence-corrected chi connectivity index (χ4v) is 10.1. The molecule has 0 aromatic heterocycles. The predicted molar refractivity (Wildman–Crippen MR) is 286 cm³/mol. The van der Waals surface area contributed by atoms with Crippen molar-refractivity contribution in [2.24, 2.45) is 0 Å². The second-order valence-electron chi connectivity index (χ2n) is 21.5. The summed E-state index contributed by atoms with van der Waals surface area (Å²) in [6.07, 6.45) is 33.9. The Morgan fingerprint density at radius 3 is 1.38 bits per heavy atom. The quantitative estimate of drug-likeness (QED) is 0.0205. The fourth-order valence-electron chi connectivity index (χ4n) is 10.1. The number of ether oxygens (including phenoxy) is 4. The normalized spacial score (nSPS) is 25.6. The number of aliphatic hydroxyl groups is 8. The summed E-state index contributed by atoms with van der Waals surface area (Å²) in [5.41, 5.74) is 0. The standard InChI is InChI=1S/C58H111NO13/c1-3-5-7-9-11-13-15-16-17-18-19-20-21-22-23-24-25-26-27-28-29-30-31-32-33-35-37-39-41-47(62)46(59-50(63)42-40-38-36-34-14-12-10-8-6-4-2)45-69-57-55(68)53(66)56(49(44-61)71-57)72-58-54(67)52(65)51(64)48(43-60)70-58/h8,10,46-49,51-58,60-62,64-68H,3-7,9,11-45H2,1-2H3,(H,59,63)/b10-8-. The lowest BCUT2D eigenvalue weighted by Gasteiger charge is -2.46. The molecule has 9 N–H and O–H groups in total. The van der Waals surface area contributed by atoms with Crippen molar-refractivity contribution in [2.45, 2.75) is 331 Å². The predicted octanol–water partition coefficient (Wildman–Crippen LogP) is 9.89. The first-order chi connectivity index (χ1) is 35.1. The fraction of sp³-hybridized carbons (Fsp3) is 0.948. The zero-order valence-electron chi connectivity index (χ0n) is 45.7. The van der Waals surface area contributed by atoms with Gasteiger partial charge in [0.15, 0.2) is 12.6 Å². The van der Waals surface area contributed by atoms with Crippen LogP contribution in [0.3, 0.4) is 0 Å². The number of hydrogen-bond acceptors (Lipinski definition) is 13. The Hall–Kier alpha value is -1.27. The molecular formula is C58H111NO13. The Balaban J connectivity index is 1.66. The number of carbonyl (C=O) groups excluding carboxylic acids is 1. The highest BCUT2D eigenvalue weighted by atomic mass is 16.7. The number of unbranched alkanes of at least 4 members (excludes halogenated alkanes) is 33. The smallest absolute Gasteiger partial charge is 0.220 e. The molecule has 0 aromatic carbocycles. The van der Waals surface area contributed by atoms with E-state index in [0.29, 0.717) is 19.3 Å². The molecule has 1 amide bonds. The maximum atomic E-state index is 13.2. The second-order valence-corrected chi connectivity index (χ2v) is 21.5. The SMILES string of the molecule is CCC/C=C\CCCCCCCC(=O)NC(COC1OC(CO)C(OC2OC(CO)C(O)C(O)C2O)C(O)C1O)C(O)CCCCCCCCCCCCCCCCCCCCCCCCCCCCCC. The van der Waals surface area contributed by atoms with Crippen LogP contribution in [0.15, 0.2) is 12.2 Å². The summed E-state index contributed by atoms with van der Waals surface area (Å²) in [4.78, 5) is 13.2. The molecule has 0 bridgehead atoms. The van der Waals surface area contributed by atoms with Gasteiger partial charge in [-0.05, 0) is 32.1 Å². The monoisotopic (exact) mass is 1030 g/mol. The molecule has 72 heavy (non-hydrogen) atoms. The van der Waals surface area contributed by atoms with Crippen molar-refractivity contribution in [3.05, 3.63) is 12.2 Å². The zero-order valence-corrected chi connectivity index (χ0v) is 45.7. The molecule has 0 aliphatic carbocycles. The molecule has 2 aliphatic rings. The van der Waals surface area contributed by atoms with E-state index in [9.17, 15) is 45.6 Å². The minimum absolute atomic E-state index is 0.216. The lowest BCUT2D eigenvalue weighted by molar-refractivity contribution is -0.359. The third-order valence-electron chi connectivity index (χ3n) is 15.0. The Labute approximate surface area is 437 Å². The van der Waals surface area contributed by atoms with Gasteiger partial charge in [-0.3, -0.25) is 4.79 Å². The van der Waals surface area contributed by atoms with Crippen molar-refractivity contribution in [1.82, 2.24) is 5.32 Å². The largest absolute Gasteiger partial charge is 0.394 e. The summed E-state index contributed by atoms with van der Waals surface area (Å²) in [5, 5.41) is 87.1. The van der Waals surface area contributed by atoms with Crippen molar-refractivity contribution < 1.29 is 64.6 Å². The van der Waals surface area contributed by atoms with Crippen molar-refractivity contribution in [2.75, 3.05) is 19.8 Å². The van der Waals surface area contributed by atoms with Gasteiger partial charge in [-0.15, -0.1) is 0 Å². The number of aliphatic hydroxyl groups excluding tert-OH is 8. The molecule has 426 valence electrons. The Kier molecular flexibility index (Phi) is 41.6. The molecular weight excluding hydrogens is 919 g/mol. The summed E-state index contributed by atoms with van der Waals surface area (Å²) in [7, 11) is 0. The average Bonchev–Trinajstić information content (AvgIpc) is 3.38. The minimum Gasteiger partial charge on any atom is -0.394 e. The molecule has 2 fully saturated rings. The summed E-state index contributed by atoms with van der Waals surface area (Å²) < 4.78 is 22.8. The number of carbonyl (C=O) groups is 1. The van der Waals surface area contributed by atoms with Gasteiger partial charge < -0.3 is 65.1 Å². The van der Waals surface area contributed by atoms with Gasteiger partial charge >= 0.3 is 0 Å². The number of hydrogen-bond donors (Lipinski definition) is 9. The van der Waals surface area contributed by atoms with Crippen LogP contribution in [0.4, 0.5) is 0 Å². The molecule has 14 nitrogen and oxygen atoms in total. The van der Waals surface area contributed by atoms with Crippen LogP contribution in [0.5, 0.6) is 0 Å². The van der Waals surface area contributed by atoms with E-state index >= 15 is 0 Å². The molecule has 14 heteroatoms. The Morgan fingerprint density at radius 2 is 0.903 bits per heavy atom. The highest BCUT2D eigenvalue weighted by Crippen LogP contribution is 2.30. The first-order valence-corrected chi connectivity index (χ1v) is 29.9. The molecule has 2 heterocycles. The van der Waals surface area contributed by atoms with Gasteiger partial charge in [0.1, 0.15) is 48.8 Å². The highest BCUT2D eigenvalue weighted by molar-refractivity contribution is 5.76. The molecule has 12 unspecified atom stereocenters. The van der Waals surface area contributed by atoms with E-state index in [1.807, 2.05) is 0 Å². The van der Waals surface area contributed by atoms with Gasteiger partial charge in [-0.1, -0.05) is 231 Å². The van der Waals surface area contributed by atoms with E-state index in [-0.39, 0.29) is 12.5 Å². The van der Waals surface area contributed by atoms with Gasteiger partial charge in [0.25, 0.3) is 0 Å². The van der Waals surface area contributed by atoms with Crippen LogP contribution in [0.2, 0.25) is 0 Å². The third kappa shape index (κ3) is 30.5. The molecule has 0 radical (unpaired) electrons. The minimum atomic E-state index is -1.78. The lowest BCUT2D eigenvalue weighted by atomic mass is 9.97. The summed E-state index contributed by atoms with van der Waals surface area (Å²) in [5.74, 6) is -0.216. The van der Waals surface area contributed by atoms with Crippen LogP contribution in [0.25, 0.3) is 0 Å². The average molecular weight is 1030 g/mol. The molecule has 2 saturated heterocycles. The molecule has 12 atom stereocenters. The van der Waals surface area contributed by atoms with Crippen LogP contribution in [0, 0.1) is 0 Å². The lowest BCUT2D eigenvalue weighted by Crippen LogP contribution is -2.65. The third-order valence-corrected chi connectivity index (χ3v) is 15.0. The Morgan fingerprint density at radius 1 is 0.486 bits per heavy atom. The van der Waals surface area contributed by atoms with E-state index in [1.54, 1.807) is 0 Å². The maximum absolute atomic E-state index is 13.2. The summed E-state index contributed by atoms with van der Waals surface area (Å²) in [6, 6.07) is -0.829. The number of allylic oxidation sites excluding steroid dienone is 2. The number of nitrogens with one attached hydrogen (secondary N) is 1. The van der Waals surface area contributed by atoms with Crippen LogP contribution < -0.4 is 5.32 Å². The van der Waals surface area contributed by atoms with Gasteiger partial charge in [0, 0.05) is 6.42 Å². The van der Waals surface area contributed by atoms with Crippen LogP contribution in [0.1, 0.15) is 258 Å². The van der Waals surface area contributed by atoms with Crippen LogP contribution >= 0.6 is 0 Å². The summed E-state index contributed by atoms with van der Waals surface area (Å²) in [6.45, 7) is 2.81. The van der Waals surface area contributed by atoms with Gasteiger partial charge in [-0.2, -0.15) is 0 Å². The molecule has 0 saturated carbocycles. The van der Waals surface area contributed by atoms with Crippen molar-refractivity contribution in [3.63, 3.8) is 0 Å². The first-order valence-electron chi connectivity index (χ1n) is 29.9. The molecule has 2 rings (SSSR count).